The summed E-state index contributed by atoms with van der Waals surface area (Å²) < 4.78 is 39.4. The molecule has 6 heteroatoms. The van der Waals surface area contributed by atoms with E-state index < -0.39 is 12.8 Å². The van der Waals surface area contributed by atoms with Gasteiger partial charge < -0.3 is 4.74 Å². The van der Waals surface area contributed by atoms with Gasteiger partial charge in [0.1, 0.15) is 17.5 Å². The Morgan fingerprint density at radius 3 is 2.57 bits per heavy atom. The van der Waals surface area contributed by atoms with Crippen molar-refractivity contribution in [3.05, 3.63) is 24.0 Å². The molecule has 0 atom stereocenters. The molecule has 0 aliphatic carbocycles. The van der Waals surface area contributed by atoms with Gasteiger partial charge in [-0.05, 0) is 12.1 Å². The van der Waals surface area contributed by atoms with Gasteiger partial charge in [-0.25, -0.2) is 4.98 Å². The summed E-state index contributed by atoms with van der Waals surface area (Å²) in [4.78, 5) is 3.54. The molecule has 0 radical (unpaired) electrons. The van der Waals surface area contributed by atoms with Crippen molar-refractivity contribution in [3.8, 4) is 11.8 Å². The first-order chi connectivity index (χ1) is 6.51. The van der Waals surface area contributed by atoms with Crippen LogP contribution in [0.4, 0.5) is 13.2 Å². The molecule has 1 aromatic rings. The molecule has 0 amide bonds. The zero-order valence-corrected chi connectivity index (χ0v) is 6.88. The maximum absolute atomic E-state index is 11.7. The van der Waals surface area contributed by atoms with E-state index in [4.69, 9.17) is 5.26 Å². The summed E-state index contributed by atoms with van der Waals surface area (Å²) in [5.74, 6) is -0.0127. The number of halogens is 3. The number of nitrogens with zero attached hydrogens (tertiary/aromatic N) is 2. The Bertz CT molecular complexity index is 339. The highest BCUT2D eigenvalue weighted by atomic mass is 19.4. The Balaban J connectivity index is 2.58. The summed E-state index contributed by atoms with van der Waals surface area (Å²) in [5.41, 5.74) is 0.129. The van der Waals surface area contributed by atoms with Crippen LogP contribution in [-0.2, 0) is 0 Å². The number of ether oxygens (including phenoxy) is 1. The molecule has 0 aliphatic heterocycles. The standard InChI is InChI=1S/C8H5F3N2O/c9-8(10,11)5-14-7-2-1-6(3-12)13-4-7/h1-2,4H,5H2. The van der Waals surface area contributed by atoms with Gasteiger partial charge in [-0.1, -0.05) is 0 Å². The Morgan fingerprint density at radius 2 is 2.14 bits per heavy atom. The van der Waals surface area contributed by atoms with Crippen molar-refractivity contribution in [1.82, 2.24) is 4.98 Å². The molecular weight excluding hydrogens is 197 g/mol. The predicted octanol–water partition coefficient (Wildman–Crippen LogP) is 1.89. The lowest BCUT2D eigenvalue weighted by atomic mass is 10.4. The van der Waals surface area contributed by atoms with E-state index in [1.165, 1.54) is 12.1 Å². The lowest BCUT2D eigenvalue weighted by Crippen LogP contribution is -2.19. The van der Waals surface area contributed by atoms with Crippen LogP contribution in [-0.4, -0.2) is 17.8 Å². The summed E-state index contributed by atoms with van der Waals surface area (Å²) in [6, 6.07) is 4.28. The summed E-state index contributed by atoms with van der Waals surface area (Å²) in [5, 5.41) is 8.35. The molecule has 0 aromatic carbocycles. The molecule has 3 nitrogen and oxygen atoms in total. The fourth-order valence-electron chi connectivity index (χ4n) is 0.697. The zero-order chi connectivity index (χ0) is 10.6. The van der Waals surface area contributed by atoms with E-state index in [1.807, 2.05) is 0 Å². The maximum atomic E-state index is 11.7. The molecule has 0 saturated carbocycles. The largest absolute Gasteiger partial charge is 0.483 e. The van der Waals surface area contributed by atoms with Crippen LogP contribution < -0.4 is 4.74 Å². The zero-order valence-electron chi connectivity index (χ0n) is 6.88. The fourth-order valence-corrected chi connectivity index (χ4v) is 0.697. The van der Waals surface area contributed by atoms with E-state index in [9.17, 15) is 13.2 Å². The molecule has 14 heavy (non-hydrogen) atoms. The van der Waals surface area contributed by atoms with Gasteiger partial charge in [0, 0.05) is 0 Å². The number of hydrogen-bond donors (Lipinski definition) is 0. The molecule has 0 saturated heterocycles. The van der Waals surface area contributed by atoms with Crippen LogP contribution in [0, 0.1) is 11.3 Å². The number of aromatic nitrogens is 1. The van der Waals surface area contributed by atoms with Crippen molar-refractivity contribution >= 4 is 0 Å². The highest BCUT2D eigenvalue weighted by Crippen LogP contribution is 2.17. The molecule has 0 fully saturated rings. The molecule has 74 valence electrons. The van der Waals surface area contributed by atoms with Crippen molar-refractivity contribution < 1.29 is 17.9 Å². The fraction of sp³-hybridized carbons (Fsp3) is 0.250. The Hall–Kier alpha value is -1.77. The first-order valence-corrected chi connectivity index (χ1v) is 3.57. The second kappa shape index (κ2) is 3.96. The van der Waals surface area contributed by atoms with Gasteiger partial charge in [-0.2, -0.15) is 18.4 Å². The minimum Gasteiger partial charge on any atom is -0.483 e. The quantitative estimate of drug-likeness (QED) is 0.735. The molecular formula is C8H5F3N2O. The van der Waals surface area contributed by atoms with E-state index in [-0.39, 0.29) is 11.4 Å². The average Bonchev–Trinajstić information content (AvgIpc) is 2.14. The van der Waals surface area contributed by atoms with Crippen LogP contribution in [0.1, 0.15) is 5.69 Å². The normalized spacial score (nSPS) is 10.7. The minimum absolute atomic E-state index is 0.0127. The van der Waals surface area contributed by atoms with Gasteiger partial charge in [0.2, 0.25) is 0 Å². The van der Waals surface area contributed by atoms with Crippen molar-refractivity contribution in [2.45, 2.75) is 6.18 Å². The van der Waals surface area contributed by atoms with Crippen LogP contribution in [0.15, 0.2) is 18.3 Å². The third-order valence-electron chi connectivity index (χ3n) is 1.25. The van der Waals surface area contributed by atoms with Crippen molar-refractivity contribution in [2.75, 3.05) is 6.61 Å². The van der Waals surface area contributed by atoms with Gasteiger partial charge in [-0.3, -0.25) is 0 Å². The third-order valence-corrected chi connectivity index (χ3v) is 1.25. The second-order valence-corrected chi connectivity index (χ2v) is 2.39. The molecule has 0 spiro atoms. The van der Waals surface area contributed by atoms with Gasteiger partial charge in [0.05, 0.1) is 6.20 Å². The van der Waals surface area contributed by atoms with E-state index in [0.29, 0.717) is 0 Å². The van der Waals surface area contributed by atoms with Crippen LogP contribution in [0.5, 0.6) is 5.75 Å². The van der Waals surface area contributed by atoms with Crippen LogP contribution in [0.25, 0.3) is 0 Å². The van der Waals surface area contributed by atoms with Crippen molar-refractivity contribution in [1.29, 1.82) is 5.26 Å². The molecule has 0 bridgehead atoms. The van der Waals surface area contributed by atoms with E-state index in [0.717, 1.165) is 6.20 Å². The minimum atomic E-state index is -4.37. The number of rotatable bonds is 2. The van der Waals surface area contributed by atoms with Gasteiger partial charge in [-0.15, -0.1) is 0 Å². The Morgan fingerprint density at radius 1 is 1.43 bits per heavy atom. The monoisotopic (exact) mass is 202 g/mol. The summed E-state index contributed by atoms with van der Waals surface area (Å²) in [7, 11) is 0. The SMILES string of the molecule is N#Cc1ccc(OCC(F)(F)F)cn1. The lowest BCUT2D eigenvalue weighted by Gasteiger charge is -2.07. The topological polar surface area (TPSA) is 45.9 Å². The van der Waals surface area contributed by atoms with Crippen molar-refractivity contribution in [2.24, 2.45) is 0 Å². The molecule has 0 unspecified atom stereocenters. The van der Waals surface area contributed by atoms with E-state index >= 15 is 0 Å². The predicted molar refractivity (Wildman–Crippen MR) is 40.5 cm³/mol. The number of hydrogen-bond acceptors (Lipinski definition) is 3. The van der Waals surface area contributed by atoms with Crippen LogP contribution in [0.3, 0.4) is 0 Å². The van der Waals surface area contributed by atoms with E-state index in [2.05, 4.69) is 9.72 Å². The first-order valence-electron chi connectivity index (χ1n) is 3.57. The summed E-state index contributed by atoms with van der Waals surface area (Å²) in [6.07, 6.45) is -3.29. The first kappa shape index (κ1) is 10.3. The lowest BCUT2D eigenvalue weighted by molar-refractivity contribution is -0.153. The third kappa shape index (κ3) is 3.31. The summed E-state index contributed by atoms with van der Waals surface area (Å²) in [6.45, 7) is -1.36. The molecule has 1 heterocycles. The van der Waals surface area contributed by atoms with Gasteiger partial charge >= 0.3 is 6.18 Å². The Labute approximate surface area is 77.7 Å². The van der Waals surface area contributed by atoms with Gasteiger partial charge in [0.25, 0.3) is 0 Å². The van der Waals surface area contributed by atoms with Crippen LogP contribution >= 0.6 is 0 Å². The Kier molecular flexibility index (Phi) is 2.92. The van der Waals surface area contributed by atoms with E-state index in [1.54, 1.807) is 6.07 Å². The number of nitriles is 1. The molecule has 0 aliphatic rings. The van der Waals surface area contributed by atoms with Gasteiger partial charge in [0.15, 0.2) is 6.61 Å². The number of alkyl halides is 3. The van der Waals surface area contributed by atoms with Crippen LogP contribution in [0.2, 0.25) is 0 Å². The average molecular weight is 202 g/mol. The highest BCUT2D eigenvalue weighted by Gasteiger charge is 2.28. The molecule has 0 N–H and O–H groups in total. The summed E-state index contributed by atoms with van der Waals surface area (Å²) >= 11 is 0. The molecule has 1 aromatic heterocycles. The number of pyridine rings is 1. The highest BCUT2D eigenvalue weighted by molar-refractivity contribution is 5.26. The maximum Gasteiger partial charge on any atom is 0.422 e. The second-order valence-electron chi connectivity index (χ2n) is 2.39. The molecule has 1 rings (SSSR count). The smallest absolute Gasteiger partial charge is 0.422 e. The van der Waals surface area contributed by atoms with Crippen molar-refractivity contribution in [3.63, 3.8) is 0 Å².